The zero-order valence-corrected chi connectivity index (χ0v) is 10.7. The molecule has 1 rings (SSSR count). The molecule has 0 aromatic rings. The van der Waals surface area contributed by atoms with Crippen LogP contribution in [0.5, 0.6) is 0 Å². The number of ether oxygens (including phenoxy) is 1. The van der Waals surface area contributed by atoms with Gasteiger partial charge in [0.25, 0.3) is 0 Å². The van der Waals surface area contributed by atoms with Crippen LogP contribution >= 0.6 is 0 Å². The number of hydrogen-bond donors (Lipinski definition) is 1. The van der Waals surface area contributed by atoms with Gasteiger partial charge < -0.3 is 10.1 Å². The Morgan fingerprint density at radius 1 is 1.29 bits per heavy atom. The SMILES string of the molecule is CCCCCCCCOC(=O)N[C@H]1CCC1=O. The smallest absolute Gasteiger partial charge is 0.407 e. The summed E-state index contributed by atoms with van der Waals surface area (Å²) in [5.41, 5.74) is 0. The van der Waals surface area contributed by atoms with Crippen molar-refractivity contribution in [1.29, 1.82) is 0 Å². The molecule has 1 amide bonds. The highest BCUT2D eigenvalue weighted by Crippen LogP contribution is 2.13. The van der Waals surface area contributed by atoms with Crippen molar-refractivity contribution in [3.05, 3.63) is 0 Å². The minimum absolute atomic E-state index is 0.113. The summed E-state index contributed by atoms with van der Waals surface area (Å²) in [5, 5.41) is 2.57. The molecule has 0 unspecified atom stereocenters. The second-order valence-electron chi connectivity index (χ2n) is 4.61. The molecule has 0 aromatic carbocycles. The predicted molar refractivity (Wildman–Crippen MR) is 65.9 cm³/mol. The first kappa shape index (κ1) is 14.0. The van der Waals surface area contributed by atoms with Gasteiger partial charge >= 0.3 is 6.09 Å². The van der Waals surface area contributed by atoms with E-state index in [0.717, 1.165) is 19.3 Å². The van der Waals surface area contributed by atoms with Crippen LogP contribution in [0.4, 0.5) is 4.79 Å². The summed E-state index contributed by atoms with van der Waals surface area (Å²) in [6, 6.07) is -0.285. The van der Waals surface area contributed by atoms with Crippen LogP contribution in [0.2, 0.25) is 0 Å². The van der Waals surface area contributed by atoms with Crippen molar-refractivity contribution < 1.29 is 14.3 Å². The number of amides is 1. The standard InChI is InChI=1S/C13H23NO3/c1-2-3-4-5-6-7-10-17-13(16)14-11-8-9-12(11)15/h11H,2-10H2,1H3,(H,14,16)/t11-/m0/s1. The minimum atomic E-state index is -0.448. The lowest BCUT2D eigenvalue weighted by atomic mass is 9.91. The summed E-state index contributed by atoms with van der Waals surface area (Å²) in [5.74, 6) is 0.113. The third kappa shape index (κ3) is 5.71. The molecule has 1 fully saturated rings. The van der Waals surface area contributed by atoms with Crippen LogP contribution < -0.4 is 5.32 Å². The second kappa shape index (κ2) is 8.09. The van der Waals surface area contributed by atoms with Gasteiger partial charge in [-0.25, -0.2) is 4.79 Å². The number of alkyl carbamates (subject to hydrolysis) is 1. The van der Waals surface area contributed by atoms with Gasteiger partial charge in [0.1, 0.15) is 0 Å². The Morgan fingerprint density at radius 3 is 2.59 bits per heavy atom. The molecule has 1 aliphatic rings. The number of carbonyl (C=O) groups excluding carboxylic acids is 2. The quantitative estimate of drug-likeness (QED) is 0.665. The zero-order chi connectivity index (χ0) is 12.5. The van der Waals surface area contributed by atoms with Crippen molar-refractivity contribution in [3.63, 3.8) is 0 Å². The Bertz CT molecular complexity index is 253. The van der Waals surface area contributed by atoms with Gasteiger partial charge in [0.05, 0.1) is 12.6 Å². The van der Waals surface area contributed by atoms with E-state index in [0.29, 0.717) is 13.0 Å². The number of ketones is 1. The van der Waals surface area contributed by atoms with E-state index in [1.807, 2.05) is 0 Å². The van der Waals surface area contributed by atoms with Gasteiger partial charge in [-0.1, -0.05) is 39.0 Å². The van der Waals surface area contributed by atoms with E-state index < -0.39 is 6.09 Å². The molecule has 1 N–H and O–H groups in total. The summed E-state index contributed by atoms with van der Waals surface area (Å²) >= 11 is 0. The van der Waals surface area contributed by atoms with Crippen molar-refractivity contribution in [2.75, 3.05) is 6.61 Å². The Morgan fingerprint density at radius 2 is 2.00 bits per heavy atom. The Kier molecular flexibility index (Phi) is 6.67. The van der Waals surface area contributed by atoms with E-state index in [9.17, 15) is 9.59 Å². The largest absolute Gasteiger partial charge is 0.450 e. The van der Waals surface area contributed by atoms with Gasteiger partial charge in [0, 0.05) is 6.42 Å². The van der Waals surface area contributed by atoms with E-state index in [-0.39, 0.29) is 11.8 Å². The van der Waals surface area contributed by atoms with E-state index >= 15 is 0 Å². The van der Waals surface area contributed by atoms with Crippen LogP contribution in [0, 0.1) is 0 Å². The maximum Gasteiger partial charge on any atom is 0.407 e. The minimum Gasteiger partial charge on any atom is -0.450 e. The molecule has 0 heterocycles. The lowest BCUT2D eigenvalue weighted by Gasteiger charge is -2.24. The maximum absolute atomic E-state index is 11.2. The summed E-state index contributed by atoms with van der Waals surface area (Å²) in [6.45, 7) is 2.65. The number of Topliss-reactive ketones (excluding diaryl/α,β-unsaturated/α-hetero) is 1. The third-order valence-electron chi connectivity index (χ3n) is 3.09. The monoisotopic (exact) mass is 241 g/mol. The van der Waals surface area contributed by atoms with Crippen LogP contribution in [0.1, 0.15) is 58.3 Å². The van der Waals surface area contributed by atoms with Crippen molar-refractivity contribution >= 4 is 11.9 Å². The van der Waals surface area contributed by atoms with E-state index in [2.05, 4.69) is 12.2 Å². The molecule has 0 spiro atoms. The highest BCUT2D eigenvalue weighted by atomic mass is 16.5. The van der Waals surface area contributed by atoms with Crippen molar-refractivity contribution in [1.82, 2.24) is 5.32 Å². The van der Waals surface area contributed by atoms with Gasteiger partial charge in [0.2, 0.25) is 0 Å². The first-order valence-electron chi connectivity index (χ1n) is 6.70. The van der Waals surface area contributed by atoms with E-state index in [1.54, 1.807) is 0 Å². The average Bonchev–Trinajstić information content (AvgIpc) is 2.33. The number of unbranched alkanes of at least 4 members (excludes halogenated alkanes) is 5. The Hall–Kier alpha value is -1.06. The fourth-order valence-electron chi connectivity index (χ4n) is 1.79. The fraction of sp³-hybridized carbons (Fsp3) is 0.846. The molecule has 1 aliphatic carbocycles. The molecule has 1 saturated carbocycles. The number of hydrogen-bond acceptors (Lipinski definition) is 3. The highest BCUT2D eigenvalue weighted by Gasteiger charge is 2.29. The maximum atomic E-state index is 11.2. The van der Waals surface area contributed by atoms with Crippen LogP contribution in [-0.2, 0) is 9.53 Å². The molecule has 0 bridgehead atoms. The Balaban J connectivity index is 1.88. The van der Waals surface area contributed by atoms with Gasteiger partial charge in [-0.3, -0.25) is 4.79 Å². The predicted octanol–water partition coefficient (Wildman–Crippen LogP) is 2.80. The molecule has 0 aromatic heterocycles. The topological polar surface area (TPSA) is 55.4 Å². The molecule has 1 atom stereocenters. The molecule has 0 saturated heterocycles. The summed E-state index contributed by atoms with van der Waals surface area (Å²) in [4.78, 5) is 22.2. The molecule has 98 valence electrons. The molecule has 4 heteroatoms. The first-order valence-corrected chi connectivity index (χ1v) is 6.70. The van der Waals surface area contributed by atoms with Gasteiger partial charge in [-0.05, 0) is 12.8 Å². The lowest BCUT2D eigenvalue weighted by molar-refractivity contribution is -0.126. The number of nitrogens with one attached hydrogen (secondary N) is 1. The summed E-state index contributed by atoms with van der Waals surface area (Å²) in [6.07, 6.45) is 7.91. The molecule has 17 heavy (non-hydrogen) atoms. The molecular weight excluding hydrogens is 218 g/mol. The number of carbonyl (C=O) groups is 2. The summed E-state index contributed by atoms with van der Waals surface area (Å²) in [7, 11) is 0. The lowest BCUT2D eigenvalue weighted by Crippen LogP contribution is -2.47. The zero-order valence-electron chi connectivity index (χ0n) is 10.7. The van der Waals surface area contributed by atoms with E-state index in [4.69, 9.17) is 4.74 Å². The van der Waals surface area contributed by atoms with Gasteiger partial charge in [-0.15, -0.1) is 0 Å². The third-order valence-corrected chi connectivity index (χ3v) is 3.09. The molecule has 0 radical (unpaired) electrons. The first-order chi connectivity index (χ1) is 8.24. The van der Waals surface area contributed by atoms with Crippen molar-refractivity contribution in [2.24, 2.45) is 0 Å². The number of rotatable bonds is 8. The highest BCUT2D eigenvalue weighted by molar-refractivity contribution is 5.92. The molecular formula is C13H23NO3. The average molecular weight is 241 g/mol. The van der Waals surface area contributed by atoms with Crippen LogP contribution in [0.3, 0.4) is 0 Å². The fourth-order valence-corrected chi connectivity index (χ4v) is 1.79. The van der Waals surface area contributed by atoms with Crippen molar-refractivity contribution in [2.45, 2.75) is 64.3 Å². The molecule has 0 aliphatic heterocycles. The van der Waals surface area contributed by atoms with E-state index in [1.165, 1.54) is 25.7 Å². The van der Waals surface area contributed by atoms with Gasteiger partial charge in [0.15, 0.2) is 5.78 Å². The summed E-state index contributed by atoms with van der Waals surface area (Å²) < 4.78 is 5.00. The Labute approximate surface area is 103 Å². The van der Waals surface area contributed by atoms with Crippen LogP contribution in [0.25, 0.3) is 0 Å². The normalized spacial score (nSPS) is 18.6. The second-order valence-corrected chi connectivity index (χ2v) is 4.61. The van der Waals surface area contributed by atoms with Gasteiger partial charge in [-0.2, -0.15) is 0 Å². The van der Waals surface area contributed by atoms with Crippen LogP contribution in [-0.4, -0.2) is 24.5 Å². The molecule has 4 nitrogen and oxygen atoms in total. The van der Waals surface area contributed by atoms with Crippen molar-refractivity contribution in [3.8, 4) is 0 Å². The van der Waals surface area contributed by atoms with Crippen LogP contribution in [0.15, 0.2) is 0 Å².